The Hall–Kier alpha value is -2.50. The summed E-state index contributed by atoms with van der Waals surface area (Å²) in [5.41, 5.74) is 3.62. The van der Waals surface area contributed by atoms with E-state index in [0.717, 1.165) is 47.1 Å². The minimum Gasteiger partial charge on any atom is -0.488 e. The number of fused-ring (bicyclic) bond motifs is 1. The molecule has 1 saturated heterocycles. The lowest BCUT2D eigenvalue weighted by Gasteiger charge is -2.22. The van der Waals surface area contributed by atoms with Gasteiger partial charge in [-0.2, -0.15) is 0 Å². The van der Waals surface area contributed by atoms with Gasteiger partial charge in [-0.1, -0.05) is 0 Å². The lowest BCUT2D eigenvalue weighted by atomic mass is 9.99. The number of alkyl halides is 1. The van der Waals surface area contributed by atoms with Gasteiger partial charge in [-0.3, -0.25) is 0 Å². The van der Waals surface area contributed by atoms with E-state index in [9.17, 15) is 4.39 Å². The first-order chi connectivity index (χ1) is 12.1. The van der Waals surface area contributed by atoms with Crippen LogP contribution in [0.25, 0.3) is 0 Å². The van der Waals surface area contributed by atoms with Crippen LogP contribution >= 0.6 is 0 Å². The van der Waals surface area contributed by atoms with Crippen LogP contribution in [0.5, 0.6) is 5.75 Å². The molecule has 0 N–H and O–H groups in total. The van der Waals surface area contributed by atoms with Crippen LogP contribution in [0, 0.1) is 0 Å². The minimum absolute atomic E-state index is 0.00393. The maximum atomic E-state index is 13.5. The van der Waals surface area contributed by atoms with E-state index in [-0.39, 0.29) is 5.60 Å². The maximum absolute atomic E-state index is 13.5. The van der Waals surface area contributed by atoms with Crippen LogP contribution in [0.4, 0.5) is 15.9 Å². The number of aromatic nitrogens is 2. The molecule has 2 aliphatic heterocycles. The molecule has 1 aromatic carbocycles. The van der Waals surface area contributed by atoms with Gasteiger partial charge in [0.1, 0.15) is 29.7 Å². The number of rotatable bonds is 4. The van der Waals surface area contributed by atoms with Crippen molar-refractivity contribution in [1.29, 1.82) is 0 Å². The largest absolute Gasteiger partial charge is 0.488 e. The lowest BCUT2D eigenvalue weighted by molar-refractivity contribution is 0.200. The van der Waals surface area contributed by atoms with E-state index in [1.165, 1.54) is 6.33 Å². The van der Waals surface area contributed by atoms with Crippen LogP contribution in [-0.4, -0.2) is 40.5 Å². The first kappa shape index (κ1) is 14.8. The van der Waals surface area contributed by atoms with Gasteiger partial charge < -0.3 is 9.64 Å². The highest BCUT2D eigenvalue weighted by Gasteiger charge is 2.40. The average molecular weight is 338 g/mol. The van der Waals surface area contributed by atoms with E-state index in [4.69, 9.17) is 4.74 Å². The third-order valence-electron chi connectivity index (χ3n) is 5.12. The van der Waals surface area contributed by atoms with Gasteiger partial charge in [0.25, 0.3) is 0 Å². The Morgan fingerprint density at radius 3 is 2.88 bits per heavy atom. The molecule has 1 atom stereocenters. The van der Waals surface area contributed by atoms with Crippen molar-refractivity contribution >= 4 is 17.2 Å². The molecule has 0 radical (unpaired) electrons. The molecule has 0 amide bonds. The third-order valence-corrected chi connectivity index (χ3v) is 5.12. The first-order valence-corrected chi connectivity index (χ1v) is 8.73. The van der Waals surface area contributed by atoms with Crippen molar-refractivity contribution < 1.29 is 9.13 Å². The predicted octanol–water partition coefficient (Wildman–Crippen LogP) is 3.44. The molecule has 5 nitrogen and oxygen atoms in total. The summed E-state index contributed by atoms with van der Waals surface area (Å²) < 4.78 is 19.5. The van der Waals surface area contributed by atoms with E-state index in [0.29, 0.717) is 19.5 Å². The Labute approximate surface area is 145 Å². The zero-order chi connectivity index (χ0) is 17.0. The molecular weight excluding hydrogens is 319 g/mol. The van der Waals surface area contributed by atoms with Crippen molar-refractivity contribution in [3.05, 3.63) is 41.9 Å². The highest BCUT2D eigenvalue weighted by Crippen LogP contribution is 2.42. The molecule has 25 heavy (non-hydrogen) atoms. The molecule has 5 rings (SSSR count). The number of hydrogen-bond donors (Lipinski definition) is 0. The number of anilines is 1. The highest BCUT2D eigenvalue weighted by atomic mass is 19.1. The predicted molar refractivity (Wildman–Crippen MR) is 93.8 cm³/mol. The van der Waals surface area contributed by atoms with Crippen molar-refractivity contribution in [2.24, 2.45) is 4.99 Å². The van der Waals surface area contributed by atoms with Gasteiger partial charge in [-0.25, -0.2) is 19.4 Å². The second-order valence-electron chi connectivity index (χ2n) is 7.28. The van der Waals surface area contributed by atoms with Crippen molar-refractivity contribution in [1.82, 2.24) is 9.97 Å². The molecular formula is C19H19FN4O. The summed E-state index contributed by atoms with van der Waals surface area (Å²) in [5.74, 6) is 1.64. The van der Waals surface area contributed by atoms with Crippen molar-refractivity contribution in [2.45, 2.75) is 38.0 Å². The molecule has 1 aromatic heterocycles. The SMILES string of the molecule is CC1(Oc2ccc3c(c2)C(c2cc(N4CCC(F)C4)ncn2)=N3)CC1. The number of hydrogen-bond acceptors (Lipinski definition) is 5. The van der Waals surface area contributed by atoms with E-state index < -0.39 is 6.17 Å². The Morgan fingerprint density at radius 1 is 1.24 bits per heavy atom. The second-order valence-corrected chi connectivity index (χ2v) is 7.28. The summed E-state index contributed by atoms with van der Waals surface area (Å²) in [7, 11) is 0. The van der Waals surface area contributed by atoms with Crippen molar-refractivity contribution in [3.63, 3.8) is 0 Å². The molecule has 6 heteroatoms. The Balaban J connectivity index is 1.41. The molecule has 3 heterocycles. The molecule has 1 saturated carbocycles. The van der Waals surface area contributed by atoms with E-state index in [1.807, 2.05) is 29.2 Å². The van der Waals surface area contributed by atoms with E-state index >= 15 is 0 Å². The molecule has 0 spiro atoms. The summed E-state index contributed by atoms with van der Waals surface area (Å²) in [6, 6.07) is 7.89. The molecule has 0 bridgehead atoms. The van der Waals surface area contributed by atoms with Crippen LogP contribution in [0.2, 0.25) is 0 Å². The van der Waals surface area contributed by atoms with Gasteiger partial charge in [0.15, 0.2) is 0 Å². The Kier molecular flexibility index (Phi) is 3.11. The molecule has 1 aliphatic carbocycles. The fourth-order valence-corrected chi connectivity index (χ4v) is 3.33. The third kappa shape index (κ3) is 2.65. The van der Waals surface area contributed by atoms with Crippen molar-refractivity contribution in [2.75, 3.05) is 18.0 Å². The fourth-order valence-electron chi connectivity index (χ4n) is 3.33. The minimum atomic E-state index is -0.774. The quantitative estimate of drug-likeness (QED) is 0.731. The maximum Gasteiger partial charge on any atom is 0.132 e. The van der Waals surface area contributed by atoms with Crippen LogP contribution in [0.1, 0.15) is 37.4 Å². The van der Waals surface area contributed by atoms with Crippen LogP contribution in [0.3, 0.4) is 0 Å². The van der Waals surface area contributed by atoms with Gasteiger partial charge in [0.2, 0.25) is 0 Å². The van der Waals surface area contributed by atoms with Crippen molar-refractivity contribution in [3.8, 4) is 5.75 Å². The molecule has 2 aromatic rings. The Bertz CT molecular complexity index is 877. The molecule has 3 aliphatic rings. The number of aliphatic imine (C=N–C) groups is 1. The topological polar surface area (TPSA) is 50.6 Å². The Morgan fingerprint density at radius 2 is 2.12 bits per heavy atom. The van der Waals surface area contributed by atoms with Gasteiger partial charge in [-0.05, 0) is 44.4 Å². The average Bonchev–Trinajstić information content (AvgIpc) is 3.14. The molecule has 2 fully saturated rings. The van der Waals surface area contributed by atoms with Gasteiger partial charge in [0, 0.05) is 18.2 Å². The highest BCUT2D eigenvalue weighted by molar-refractivity contribution is 6.21. The smallest absolute Gasteiger partial charge is 0.132 e. The molecule has 128 valence electrons. The summed E-state index contributed by atoms with van der Waals surface area (Å²) >= 11 is 0. The van der Waals surface area contributed by atoms with E-state index in [2.05, 4.69) is 21.9 Å². The normalized spacial score (nSPS) is 22.9. The standard InChI is InChI=1S/C19H19FN4O/c1-19(5-6-19)25-13-2-3-15-14(8-13)18(23-15)16-9-17(22-11-21-16)24-7-4-12(20)10-24/h2-3,8-9,11-12H,4-7,10H2,1H3. The fraction of sp³-hybridized carbons (Fsp3) is 0.421. The second kappa shape index (κ2) is 5.25. The van der Waals surface area contributed by atoms with Crippen LogP contribution in [0.15, 0.2) is 35.6 Å². The number of benzene rings is 1. The number of ether oxygens (including phenoxy) is 1. The van der Waals surface area contributed by atoms with E-state index in [1.54, 1.807) is 0 Å². The summed E-state index contributed by atoms with van der Waals surface area (Å²) in [5, 5.41) is 0. The van der Waals surface area contributed by atoms with Gasteiger partial charge >= 0.3 is 0 Å². The lowest BCUT2D eigenvalue weighted by Crippen LogP contribution is -2.22. The van der Waals surface area contributed by atoms with Crippen LogP contribution < -0.4 is 9.64 Å². The summed E-state index contributed by atoms with van der Waals surface area (Å²) in [6.07, 6.45) is 3.52. The first-order valence-electron chi connectivity index (χ1n) is 8.73. The number of halogens is 1. The summed E-state index contributed by atoms with van der Waals surface area (Å²) in [4.78, 5) is 15.2. The monoisotopic (exact) mass is 338 g/mol. The molecule has 1 unspecified atom stereocenters. The zero-order valence-corrected chi connectivity index (χ0v) is 14.1. The van der Waals surface area contributed by atoms with Gasteiger partial charge in [-0.15, -0.1) is 0 Å². The zero-order valence-electron chi connectivity index (χ0n) is 14.1. The van der Waals surface area contributed by atoms with Gasteiger partial charge in [0.05, 0.1) is 23.6 Å². The number of nitrogens with zero attached hydrogens (tertiary/aromatic N) is 4. The summed E-state index contributed by atoms with van der Waals surface area (Å²) in [6.45, 7) is 3.22. The van der Waals surface area contributed by atoms with Crippen LogP contribution in [-0.2, 0) is 0 Å².